The van der Waals surface area contributed by atoms with Gasteiger partial charge in [-0.25, -0.2) is 9.78 Å². The van der Waals surface area contributed by atoms with Crippen molar-refractivity contribution in [1.29, 1.82) is 0 Å². The number of carbonyl (C=O) groups is 2. The van der Waals surface area contributed by atoms with E-state index in [4.69, 9.17) is 5.73 Å². The number of aromatic nitrogens is 2. The highest BCUT2D eigenvalue weighted by atomic mass is 16.2. The average molecular weight is 310 g/mol. The molecule has 8 nitrogen and oxygen atoms in total. The fourth-order valence-corrected chi connectivity index (χ4v) is 1.98. The summed E-state index contributed by atoms with van der Waals surface area (Å²) in [6, 6.07) is -0.955. The van der Waals surface area contributed by atoms with Crippen molar-refractivity contribution in [1.82, 2.24) is 25.5 Å². The van der Waals surface area contributed by atoms with Crippen molar-refractivity contribution in [2.45, 2.75) is 39.8 Å². The number of nitrogens with two attached hydrogens (primary N) is 1. The summed E-state index contributed by atoms with van der Waals surface area (Å²) in [5.74, 6) is 0.241. The highest BCUT2D eigenvalue weighted by molar-refractivity contribution is 5.87. The van der Waals surface area contributed by atoms with Crippen LogP contribution in [0.15, 0.2) is 12.4 Å². The predicted molar refractivity (Wildman–Crippen MR) is 85.1 cm³/mol. The molecule has 0 aliphatic heterocycles. The van der Waals surface area contributed by atoms with Crippen molar-refractivity contribution in [2.24, 2.45) is 5.41 Å². The van der Waals surface area contributed by atoms with E-state index in [0.29, 0.717) is 25.5 Å². The van der Waals surface area contributed by atoms with Gasteiger partial charge in [-0.05, 0) is 11.8 Å². The fourth-order valence-electron chi connectivity index (χ4n) is 1.98. The molecule has 8 heteroatoms. The molecule has 0 saturated heterocycles. The topological polar surface area (TPSA) is 114 Å². The Balaban J connectivity index is 2.38. The molecule has 124 valence electrons. The second kappa shape index (κ2) is 7.67. The van der Waals surface area contributed by atoms with Gasteiger partial charge < -0.3 is 26.3 Å². The zero-order valence-corrected chi connectivity index (χ0v) is 13.6. The Kier molecular flexibility index (Phi) is 6.21. The third-order valence-corrected chi connectivity index (χ3v) is 3.26. The molecule has 3 amide bonds. The summed E-state index contributed by atoms with van der Waals surface area (Å²) in [6.07, 6.45) is 4.14. The van der Waals surface area contributed by atoms with E-state index in [1.54, 1.807) is 19.4 Å². The van der Waals surface area contributed by atoms with Gasteiger partial charge in [0.15, 0.2) is 5.95 Å². The molecular weight excluding hydrogens is 284 g/mol. The first kappa shape index (κ1) is 17.8. The van der Waals surface area contributed by atoms with Crippen LogP contribution in [-0.2, 0) is 11.3 Å². The molecule has 0 aliphatic carbocycles. The number of likely N-dealkylation sites (N-methyl/N-ethyl adjacent to an activating group) is 1. The number of hydrogen-bond donors (Lipinski definition) is 4. The molecule has 1 aromatic rings. The van der Waals surface area contributed by atoms with Gasteiger partial charge in [0, 0.05) is 32.5 Å². The number of hydrogen-bond acceptors (Lipinski definition) is 4. The third kappa shape index (κ3) is 5.27. The number of rotatable bonds is 6. The van der Waals surface area contributed by atoms with Gasteiger partial charge in [-0.1, -0.05) is 20.8 Å². The maximum absolute atomic E-state index is 11.9. The summed E-state index contributed by atoms with van der Waals surface area (Å²) in [5, 5.41) is 8.01. The molecule has 0 radical (unpaired) electrons. The van der Waals surface area contributed by atoms with Gasteiger partial charge in [-0.3, -0.25) is 4.79 Å². The van der Waals surface area contributed by atoms with Crippen molar-refractivity contribution < 1.29 is 9.59 Å². The van der Waals surface area contributed by atoms with Crippen LogP contribution in [0.2, 0.25) is 0 Å². The van der Waals surface area contributed by atoms with Gasteiger partial charge in [-0.2, -0.15) is 0 Å². The molecule has 1 atom stereocenters. The average Bonchev–Trinajstić information content (AvgIpc) is 2.84. The number of aryl methyl sites for hydroxylation is 1. The van der Waals surface area contributed by atoms with E-state index in [1.165, 1.54) is 0 Å². The lowest BCUT2D eigenvalue weighted by atomic mass is 9.86. The lowest BCUT2D eigenvalue weighted by Crippen LogP contribution is -2.55. The molecule has 0 bridgehead atoms. The van der Waals surface area contributed by atoms with Gasteiger partial charge in [0.25, 0.3) is 0 Å². The minimum absolute atomic E-state index is 0.214. The van der Waals surface area contributed by atoms with Crippen molar-refractivity contribution in [3.63, 3.8) is 0 Å². The molecule has 1 aromatic heterocycles. The first-order chi connectivity index (χ1) is 10.3. The number of nitrogen functional groups attached to an aromatic ring is 1. The number of amides is 3. The first-order valence-electron chi connectivity index (χ1n) is 7.28. The lowest BCUT2D eigenvalue weighted by molar-refractivity contribution is -0.124. The minimum atomic E-state index is -0.596. The van der Waals surface area contributed by atoms with Crippen LogP contribution in [0.25, 0.3) is 0 Å². The van der Waals surface area contributed by atoms with Crippen LogP contribution in [0, 0.1) is 5.41 Å². The molecule has 1 rings (SSSR count). The summed E-state index contributed by atoms with van der Waals surface area (Å²) in [5.41, 5.74) is 5.28. The van der Waals surface area contributed by atoms with Crippen molar-refractivity contribution >= 4 is 17.9 Å². The van der Waals surface area contributed by atoms with E-state index >= 15 is 0 Å². The Hall–Kier alpha value is -2.25. The van der Waals surface area contributed by atoms with Crippen molar-refractivity contribution in [2.75, 3.05) is 19.3 Å². The number of urea groups is 1. The molecule has 22 heavy (non-hydrogen) atoms. The van der Waals surface area contributed by atoms with E-state index in [0.717, 1.165) is 0 Å². The minimum Gasteiger partial charge on any atom is -0.369 e. The van der Waals surface area contributed by atoms with Gasteiger partial charge in [0.2, 0.25) is 5.91 Å². The molecule has 0 aliphatic rings. The van der Waals surface area contributed by atoms with Gasteiger partial charge in [-0.15, -0.1) is 0 Å². The molecule has 0 unspecified atom stereocenters. The second-order valence-electron chi connectivity index (χ2n) is 6.15. The lowest BCUT2D eigenvalue weighted by Gasteiger charge is -2.29. The zero-order chi connectivity index (χ0) is 16.8. The summed E-state index contributed by atoms with van der Waals surface area (Å²) in [7, 11) is 1.55. The van der Waals surface area contributed by atoms with E-state index in [-0.39, 0.29) is 17.4 Å². The van der Waals surface area contributed by atoms with Gasteiger partial charge >= 0.3 is 6.03 Å². The fraction of sp³-hybridized carbons (Fsp3) is 0.643. The molecule has 0 fully saturated rings. The number of nitrogens with one attached hydrogen (secondary N) is 3. The predicted octanol–water partition coefficient (Wildman–Crippen LogP) is 0.315. The van der Waals surface area contributed by atoms with Crippen LogP contribution in [0.4, 0.5) is 10.7 Å². The van der Waals surface area contributed by atoms with Gasteiger partial charge in [0.1, 0.15) is 6.04 Å². The number of imidazole rings is 1. The first-order valence-corrected chi connectivity index (χ1v) is 7.28. The maximum Gasteiger partial charge on any atom is 0.315 e. The van der Waals surface area contributed by atoms with Crippen molar-refractivity contribution in [3.05, 3.63) is 12.4 Å². The molecular formula is C14H26N6O2. The Labute approximate surface area is 130 Å². The molecule has 5 N–H and O–H groups in total. The standard InChI is InChI=1S/C14H26N6O2/c1-14(2,3)10(11(21)16-4)19-13(22)18-6-5-8-20-9-7-17-12(20)15/h7,9-10H,5-6,8H2,1-4H3,(H2,15,17)(H,16,21)(H2,18,19,22)/t10-/m1/s1. The Morgan fingerprint density at radius 2 is 2.09 bits per heavy atom. The SMILES string of the molecule is CNC(=O)[C@@H](NC(=O)NCCCn1ccnc1N)C(C)(C)C. The van der Waals surface area contributed by atoms with Crippen molar-refractivity contribution in [3.8, 4) is 0 Å². The van der Waals surface area contributed by atoms with E-state index in [2.05, 4.69) is 20.9 Å². The van der Waals surface area contributed by atoms with Crippen LogP contribution in [0.1, 0.15) is 27.2 Å². The third-order valence-electron chi connectivity index (χ3n) is 3.26. The quantitative estimate of drug-likeness (QED) is 0.566. The van der Waals surface area contributed by atoms with Crippen LogP contribution < -0.4 is 21.7 Å². The summed E-state index contributed by atoms with van der Waals surface area (Å²) in [6.45, 7) is 6.84. The largest absolute Gasteiger partial charge is 0.369 e. The highest BCUT2D eigenvalue weighted by Gasteiger charge is 2.31. The Morgan fingerprint density at radius 1 is 1.41 bits per heavy atom. The number of anilines is 1. The number of nitrogens with zero attached hydrogens (tertiary/aromatic N) is 2. The summed E-state index contributed by atoms with van der Waals surface area (Å²) < 4.78 is 1.81. The number of carbonyl (C=O) groups excluding carboxylic acids is 2. The zero-order valence-electron chi connectivity index (χ0n) is 13.6. The molecule has 0 aromatic carbocycles. The monoisotopic (exact) mass is 310 g/mol. The van der Waals surface area contributed by atoms with Crippen LogP contribution >= 0.6 is 0 Å². The van der Waals surface area contributed by atoms with E-state index < -0.39 is 6.04 Å². The Bertz CT molecular complexity index is 506. The van der Waals surface area contributed by atoms with Gasteiger partial charge in [0.05, 0.1) is 0 Å². The second-order valence-corrected chi connectivity index (χ2v) is 6.15. The van der Waals surface area contributed by atoms with Crippen LogP contribution in [-0.4, -0.2) is 41.1 Å². The molecule has 0 saturated carbocycles. The highest BCUT2D eigenvalue weighted by Crippen LogP contribution is 2.19. The summed E-state index contributed by atoms with van der Waals surface area (Å²) in [4.78, 5) is 27.7. The van der Waals surface area contributed by atoms with E-state index in [1.807, 2.05) is 25.3 Å². The molecule has 0 spiro atoms. The smallest absolute Gasteiger partial charge is 0.315 e. The summed E-state index contributed by atoms with van der Waals surface area (Å²) >= 11 is 0. The van der Waals surface area contributed by atoms with E-state index in [9.17, 15) is 9.59 Å². The maximum atomic E-state index is 11.9. The molecule has 1 heterocycles. The Morgan fingerprint density at radius 3 is 2.59 bits per heavy atom. The normalized spacial score (nSPS) is 12.5. The van der Waals surface area contributed by atoms with Crippen LogP contribution in [0.5, 0.6) is 0 Å². The van der Waals surface area contributed by atoms with Crippen LogP contribution in [0.3, 0.4) is 0 Å².